The number of pyridine rings is 1. The molecule has 9 nitrogen and oxygen atoms in total. The molecular weight excluding hydrogens is 586 g/mol. The standard InChI is InChI=1S/C32H38F2N4O5Si/c1-21-16-28(42-19-32(2,3)30(39)40-4)35-18-26(21)22-8-13-25(27(34)17-22)29-36-31(43-24-11-9-23(33)10-12-24)38(37-29)20-41-14-15-44(5,6)7/h8-13,16-18H,14-15,19-20H2,1-7H3. The monoisotopic (exact) mass is 624 g/mol. The first-order valence-corrected chi connectivity index (χ1v) is 17.9. The molecule has 0 amide bonds. The molecule has 0 N–H and O–H groups in total. The van der Waals surface area contributed by atoms with E-state index in [9.17, 15) is 9.18 Å². The van der Waals surface area contributed by atoms with E-state index in [2.05, 4.69) is 34.7 Å². The van der Waals surface area contributed by atoms with E-state index >= 15 is 4.39 Å². The number of hydrogen-bond acceptors (Lipinski definition) is 8. The van der Waals surface area contributed by atoms with E-state index in [1.165, 1.54) is 42.1 Å². The van der Waals surface area contributed by atoms with Gasteiger partial charge in [-0.1, -0.05) is 25.7 Å². The van der Waals surface area contributed by atoms with Gasteiger partial charge >= 0.3 is 12.0 Å². The summed E-state index contributed by atoms with van der Waals surface area (Å²) in [6.07, 6.45) is 1.60. The Balaban J connectivity index is 1.55. The molecular formula is C32H38F2N4O5Si. The highest BCUT2D eigenvalue weighted by Gasteiger charge is 2.30. The number of methoxy groups -OCH3 is 1. The molecule has 0 aliphatic heterocycles. The molecule has 0 fully saturated rings. The van der Waals surface area contributed by atoms with Crippen LogP contribution in [0, 0.1) is 24.0 Å². The summed E-state index contributed by atoms with van der Waals surface area (Å²) in [5, 5.41) is 4.47. The molecule has 0 bridgehead atoms. The van der Waals surface area contributed by atoms with E-state index in [0.29, 0.717) is 29.4 Å². The maximum atomic E-state index is 15.6. The van der Waals surface area contributed by atoms with Gasteiger partial charge in [-0.2, -0.15) is 9.67 Å². The highest BCUT2D eigenvalue weighted by atomic mass is 28.3. The number of nitrogens with zero attached hydrogens (tertiary/aromatic N) is 4. The highest BCUT2D eigenvalue weighted by molar-refractivity contribution is 6.76. The summed E-state index contributed by atoms with van der Waals surface area (Å²) in [4.78, 5) is 20.7. The lowest BCUT2D eigenvalue weighted by molar-refractivity contribution is -0.152. The number of esters is 1. The SMILES string of the molecule is COC(=O)C(C)(C)COc1cc(C)c(-c2ccc(-c3nc(Oc4ccc(F)cc4)n(COCC[Si](C)(C)C)n3)c(F)c2)cn1. The molecule has 0 aliphatic rings. The van der Waals surface area contributed by atoms with Gasteiger partial charge in [0.25, 0.3) is 0 Å². The quantitative estimate of drug-likeness (QED) is 0.0870. The normalized spacial score (nSPS) is 11.8. The van der Waals surface area contributed by atoms with Gasteiger partial charge in [-0.25, -0.2) is 13.8 Å². The summed E-state index contributed by atoms with van der Waals surface area (Å²) in [6, 6.07) is 13.0. The van der Waals surface area contributed by atoms with Crippen LogP contribution >= 0.6 is 0 Å². The third kappa shape index (κ3) is 8.47. The van der Waals surface area contributed by atoms with Crippen LogP contribution in [-0.4, -0.2) is 54.1 Å². The summed E-state index contributed by atoms with van der Waals surface area (Å²) >= 11 is 0. The van der Waals surface area contributed by atoms with E-state index in [4.69, 9.17) is 18.9 Å². The van der Waals surface area contributed by atoms with Gasteiger partial charge in [0.2, 0.25) is 5.88 Å². The second kappa shape index (κ2) is 13.6. The predicted octanol–water partition coefficient (Wildman–Crippen LogP) is 7.28. The Morgan fingerprint density at radius 1 is 1.02 bits per heavy atom. The number of aromatic nitrogens is 4. The molecule has 0 aliphatic carbocycles. The van der Waals surface area contributed by atoms with Crippen molar-refractivity contribution in [1.29, 1.82) is 0 Å². The Hall–Kier alpha value is -4.16. The average molecular weight is 625 g/mol. The van der Waals surface area contributed by atoms with Crippen molar-refractivity contribution in [3.8, 4) is 40.2 Å². The third-order valence-corrected chi connectivity index (χ3v) is 8.50. The number of ether oxygens (including phenoxy) is 4. The Kier molecular flexibility index (Phi) is 10.2. The van der Waals surface area contributed by atoms with Crippen LogP contribution < -0.4 is 9.47 Å². The van der Waals surface area contributed by atoms with E-state index in [-0.39, 0.29) is 36.7 Å². The number of aryl methyl sites for hydroxylation is 1. The molecule has 2 heterocycles. The maximum absolute atomic E-state index is 15.6. The lowest BCUT2D eigenvalue weighted by Crippen LogP contribution is -2.32. The van der Waals surface area contributed by atoms with Crippen LogP contribution in [0.25, 0.3) is 22.5 Å². The number of halogens is 2. The Bertz CT molecular complexity index is 1600. The molecule has 0 atom stereocenters. The van der Waals surface area contributed by atoms with Crippen molar-refractivity contribution in [2.45, 2.75) is 53.2 Å². The number of benzene rings is 2. The molecule has 2 aromatic heterocycles. The lowest BCUT2D eigenvalue weighted by atomic mass is 9.95. The minimum atomic E-state index is -1.30. The fraction of sp³-hybridized carbons (Fsp3) is 0.375. The molecule has 0 unspecified atom stereocenters. The molecule has 234 valence electrons. The molecule has 0 saturated heterocycles. The molecule has 0 radical (unpaired) electrons. The third-order valence-electron chi connectivity index (χ3n) is 6.80. The van der Waals surface area contributed by atoms with Gasteiger partial charge in [0.1, 0.15) is 30.7 Å². The minimum Gasteiger partial charge on any atom is -0.476 e. The van der Waals surface area contributed by atoms with E-state index in [1.807, 2.05) is 6.92 Å². The largest absolute Gasteiger partial charge is 0.476 e. The summed E-state index contributed by atoms with van der Waals surface area (Å²) in [7, 11) is 0.0285. The molecule has 12 heteroatoms. The number of carbonyl (C=O) groups is 1. The van der Waals surface area contributed by atoms with Crippen molar-refractivity contribution in [2.75, 3.05) is 20.3 Å². The Morgan fingerprint density at radius 3 is 2.39 bits per heavy atom. The molecule has 4 aromatic rings. The van der Waals surface area contributed by atoms with Gasteiger partial charge in [-0.15, -0.1) is 5.10 Å². The van der Waals surface area contributed by atoms with Crippen molar-refractivity contribution in [3.63, 3.8) is 0 Å². The first kappa shape index (κ1) is 32.7. The fourth-order valence-electron chi connectivity index (χ4n) is 4.10. The molecule has 44 heavy (non-hydrogen) atoms. The van der Waals surface area contributed by atoms with Gasteiger partial charge in [0.15, 0.2) is 5.82 Å². The second-order valence-corrected chi connectivity index (χ2v) is 17.9. The van der Waals surface area contributed by atoms with Crippen molar-refractivity contribution in [3.05, 3.63) is 71.9 Å². The van der Waals surface area contributed by atoms with Crippen molar-refractivity contribution < 1.29 is 32.5 Å². The van der Waals surface area contributed by atoms with Gasteiger partial charge in [0, 0.05) is 32.5 Å². The van der Waals surface area contributed by atoms with Crippen LogP contribution in [0.15, 0.2) is 54.7 Å². The van der Waals surface area contributed by atoms with E-state index in [1.54, 1.807) is 38.2 Å². The second-order valence-electron chi connectivity index (χ2n) is 12.3. The number of rotatable bonds is 13. The Morgan fingerprint density at radius 2 is 1.75 bits per heavy atom. The van der Waals surface area contributed by atoms with Crippen LogP contribution in [0.2, 0.25) is 25.7 Å². The number of hydrogen-bond donors (Lipinski definition) is 0. The molecule has 0 saturated carbocycles. The van der Waals surface area contributed by atoms with Crippen LogP contribution in [-0.2, 0) is 21.0 Å². The zero-order chi connectivity index (χ0) is 32.1. The zero-order valence-electron chi connectivity index (χ0n) is 26.1. The predicted molar refractivity (Wildman–Crippen MR) is 165 cm³/mol. The van der Waals surface area contributed by atoms with E-state index in [0.717, 1.165) is 11.6 Å². The highest BCUT2D eigenvalue weighted by Crippen LogP contribution is 2.31. The first-order chi connectivity index (χ1) is 20.8. The Labute approximate surface area is 257 Å². The van der Waals surface area contributed by atoms with Crippen LogP contribution in [0.5, 0.6) is 17.6 Å². The maximum Gasteiger partial charge on any atom is 0.323 e. The summed E-state index contributed by atoms with van der Waals surface area (Å²) in [5.41, 5.74) is 1.46. The van der Waals surface area contributed by atoms with Gasteiger partial charge in [0.05, 0.1) is 18.1 Å². The molecule has 2 aromatic carbocycles. The van der Waals surface area contributed by atoms with Crippen LogP contribution in [0.1, 0.15) is 19.4 Å². The van der Waals surface area contributed by atoms with Crippen LogP contribution in [0.4, 0.5) is 8.78 Å². The summed E-state index contributed by atoms with van der Waals surface area (Å²) in [5.74, 6) is -0.501. The summed E-state index contributed by atoms with van der Waals surface area (Å²) in [6.45, 7) is 12.8. The summed E-state index contributed by atoms with van der Waals surface area (Å²) < 4.78 is 52.7. The van der Waals surface area contributed by atoms with Gasteiger partial charge < -0.3 is 18.9 Å². The lowest BCUT2D eigenvalue weighted by Gasteiger charge is -2.21. The molecule has 4 rings (SSSR count). The van der Waals surface area contributed by atoms with Gasteiger partial charge in [-0.05, 0) is 74.3 Å². The smallest absolute Gasteiger partial charge is 0.323 e. The average Bonchev–Trinajstić information content (AvgIpc) is 3.36. The minimum absolute atomic E-state index is 0.0593. The number of carbonyl (C=O) groups excluding carboxylic acids is 1. The van der Waals surface area contributed by atoms with Crippen molar-refractivity contribution >= 4 is 14.0 Å². The van der Waals surface area contributed by atoms with Crippen LogP contribution in [0.3, 0.4) is 0 Å². The van der Waals surface area contributed by atoms with Crippen molar-refractivity contribution in [1.82, 2.24) is 19.7 Å². The zero-order valence-corrected chi connectivity index (χ0v) is 27.1. The van der Waals surface area contributed by atoms with E-state index < -0.39 is 25.1 Å². The van der Waals surface area contributed by atoms with Crippen molar-refractivity contribution in [2.24, 2.45) is 5.41 Å². The topological polar surface area (TPSA) is 97.6 Å². The fourth-order valence-corrected chi connectivity index (χ4v) is 4.86. The van der Waals surface area contributed by atoms with Gasteiger partial charge in [-0.3, -0.25) is 4.79 Å². The first-order valence-electron chi connectivity index (χ1n) is 14.2. The molecule has 0 spiro atoms.